The quantitative estimate of drug-likeness (QED) is 0.0835. The number of aliphatic hydroxyl groups excluding tert-OH is 1. The highest BCUT2D eigenvalue weighted by molar-refractivity contribution is 7.23. The SMILES string of the molecule is CC#Cc1ccc(-c2ccc(C(=O)C3CCC4CC35CCC(CC#Cc3c(cc(O)cc3NCC(C)O)CC4NC(N)=NC)C5)s2)s1. The Bertz CT molecular complexity index is 1780. The summed E-state index contributed by atoms with van der Waals surface area (Å²) in [4.78, 5) is 22.8. The molecule has 6 N–H and O–H groups in total. The number of aliphatic hydroxyl groups is 1. The molecule has 47 heavy (non-hydrogen) atoms. The Morgan fingerprint density at radius 2 is 1.98 bits per heavy atom. The average Bonchev–Trinajstić information content (AvgIpc) is 3.81. The van der Waals surface area contributed by atoms with Gasteiger partial charge in [-0.25, -0.2) is 0 Å². The molecule has 3 aromatic rings. The maximum absolute atomic E-state index is 14.4. The Labute approximate surface area is 286 Å². The summed E-state index contributed by atoms with van der Waals surface area (Å²) in [5.74, 6) is 14.5. The van der Waals surface area contributed by atoms with E-state index in [0.717, 1.165) is 81.3 Å². The minimum Gasteiger partial charge on any atom is -0.508 e. The molecular weight excluding hydrogens is 625 g/mol. The third kappa shape index (κ3) is 7.23. The predicted octanol–water partition coefficient (Wildman–Crippen LogP) is 6.63. The second kappa shape index (κ2) is 14.2. The number of nitrogens with one attached hydrogen (secondary N) is 2. The third-order valence-corrected chi connectivity index (χ3v) is 12.5. The van der Waals surface area contributed by atoms with Crippen LogP contribution in [-0.2, 0) is 6.42 Å². The van der Waals surface area contributed by atoms with Crippen LogP contribution < -0.4 is 16.4 Å². The molecule has 2 saturated carbocycles. The van der Waals surface area contributed by atoms with Crippen molar-refractivity contribution < 1.29 is 15.0 Å². The van der Waals surface area contributed by atoms with Crippen molar-refractivity contribution >= 4 is 40.1 Å². The summed E-state index contributed by atoms with van der Waals surface area (Å²) in [6.07, 6.45) is 6.56. The number of aliphatic imine (C=N–C) groups is 1. The van der Waals surface area contributed by atoms with Gasteiger partial charge in [0, 0.05) is 47.8 Å². The largest absolute Gasteiger partial charge is 0.508 e. The number of carbonyl (C=O) groups is 1. The minimum absolute atomic E-state index is 0.0264. The second-order valence-electron chi connectivity index (χ2n) is 13.5. The molecule has 3 aliphatic carbocycles. The lowest BCUT2D eigenvalue weighted by Gasteiger charge is -2.47. The monoisotopic (exact) mass is 668 g/mol. The van der Waals surface area contributed by atoms with Crippen molar-refractivity contribution in [2.24, 2.45) is 33.9 Å². The van der Waals surface area contributed by atoms with Crippen LogP contribution in [0.4, 0.5) is 5.69 Å². The van der Waals surface area contributed by atoms with Gasteiger partial charge in [-0.15, -0.1) is 28.6 Å². The van der Waals surface area contributed by atoms with Crippen molar-refractivity contribution in [1.29, 1.82) is 0 Å². The number of hydrogen-bond acceptors (Lipinski definition) is 7. The van der Waals surface area contributed by atoms with Gasteiger partial charge in [-0.05, 0) is 112 Å². The number of nitrogens with zero attached hydrogens (tertiary/aromatic N) is 1. The summed E-state index contributed by atoms with van der Waals surface area (Å²) < 4.78 is 0. The highest BCUT2D eigenvalue weighted by Gasteiger charge is 2.52. The molecule has 6 rings (SSSR count). The topological polar surface area (TPSA) is 120 Å². The van der Waals surface area contributed by atoms with Crippen LogP contribution in [0.2, 0.25) is 0 Å². The molecule has 3 bridgehead atoms. The van der Waals surface area contributed by atoms with E-state index in [9.17, 15) is 15.0 Å². The lowest BCUT2D eigenvalue weighted by molar-refractivity contribution is 0.0390. The summed E-state index contributed by atoms with van der Waals surface area (Å²) in [6.45, 7) is 3.93. The first-order valence-electron chi connectivity index (χ1n) is 16.6. The molecule has 2 heterocycles. The molecule has 0 aliphatic heterocycles. The molecule has 1 aromatic carbocycles. The number of aromatic hydroxyl groups is 1. The maximum Gasteiger partial charge on any atom is 0.188 e. The van der Waals surface area contributed by atoms with E-state index in [4.69, 9.17) is 5.73 Å². The molecule has 9 heteroatoms. The fourth-order valence-corrected chi connectivity index (χ4v) is 10.1. The van der Waals surface area contributed by atoms with Crippen molar-refractivity contribution in [3.05, 3.63) is 57.3 Å². The van der Waals surface area contributed by atoms with Crippen molar-refractivity contribution in [3.63, 3.8) is 0 Å². The molecule has 6 atom stereocenters. The number of anilines is 1. The zero-order chi connectivity index (χ0) is 33.1. The minimum atomic E-state index is -0.545. The number of benzene rings is 1. The smallest absolute Gasteiger partial charge is 0.188 e. The Hall–Kier alpha value is -3.76. The van der Waals surface area contributed by atoms with Gasteiger partial charge >= 0.3 is 0 Å². The highest BCUT2D eigenvalue weighted by atomic mass is 32.1. The fourth-order valence-electron chi connectivity index (χ4n) is 8.09. The van der Waals surface area contributed by atoms with Crippen molar-refractivity contribution in [2.45, 2.75) is 77.4 Å². The Kier molecular flexibility index (Phi) is 9.98. The van der Waals surface area contributed by atoms with Crippen LogP contribution in [0.1, 0.15) is 84.5 Å². The van der Waals surface area contributed by atoms with Crippen LogP contribution in [-0.4, -0.2) is 47.7 Å². The molecule has 2 fully saturated rings. The van der Waals surface area contributed by atoms with Gasteiger partial charge in [0.1, 0.15) is 5.75 Å². The van der Waals surface area contributed by atoms with Crippen LogP contribution in [0.5, 0.6) is 5.75 Å². The Morgan fingerprint density at radius 1 is 1.17 bits per heavy atom. The number of hydrogen-bond donors (Lipinski definition) is 5. The van der Waals surface area contributed by atoms with E-state index in [0.29, 0.717) is 24.8 Å². The van der Waals surface area contributed by atoms with Gasteiger partial charge in [-0.3, -0.25) is 9.79 Å². The first-order valence-corrected chi connectivity index (χ1v) is 18.2. The van der Waals surface area contributed by atoms with E-state index in [1.54, 1.807) is 48.8 Å². The van der Waals surface area contributed by atoms with Crippen LogP contribution in [0.15, 0.2) is 41.4 Å². The van der Waals surface area contributed by atoms with Gasteiger partial charge < -0.3 is 26.6 Å². The van der Waals surface area contributed by atoms with Gasteiger partial charge in [0.05, 0.1) is 27.1 Å². The summed E-state index contributed by atoms with van der Waals surface area (Å²) >= 11 is 3.28. The zero-order valence-electron chi connectivity index (χ0n) is 27.4. The first-order chi connectivity index (χ1) is 22.7. The number of phenolic OH excluding ortho intramolecular Hbond substituents is 1. The molecule has 0 radical (unpaired) electrons. The van der Waals surface area contributed by atoms with E-state index < -0.39 is 6.10 Å². The second-order valence-corrected chi connectivity index (χ2v) is 15.6. The van der Waals surface area contributed by atoms with E-state index >= 15 is 0 Å². The van der Waals surface area contributed by atoms with E-state index in [1.807, 2.05) is 13.0 Å². The maximum atomic E-state index is 14.4. The van der Waals surface area contributed by atoms with Crippen LogP contribution in [0, 0.1) is 46.9 Å². The molecule has 3 aliphatic rings. The van der Waals surface area contributed by atoms with Crippen LogP contribution in [0.3, 0.4) is 0 Å². The molecule has 1 spiro atoms. The third-order valence-electron chi connectivity index (χ3n) is 10.2. The molecular formula is C38H44N4O3S2. The molecule has 0 saturated heterocycles. The molecule has 246 valence electrons. The lowest BCUT2D eigenvalue weighted by Crippen LogP contribution is -2.50. The first kappa shape index (κ1) is 33.2. The summed E-state index contributed by atoms with van der Waals surface area (Å²) in [6, 6.07) is 11.7. The lowest BCUT2D eigenvalue weighted by atomic mass is 9.58. The number of rotatable bonds is 7. The average molecular weight is 669 g/mol. The van der Waals surface area contributed by atoms with Crippen molar-refractivity contribution in [2.75, 3.05) is 18.9 Å². The van der Waals surface area contributed by atoms with E-state index in [-0.39, 0.29) is 34.8 Å². The van der Waals surface area contributed by atoms with Gasteiger partial charge in [-0.2, -0.15) is 0 Å². The Morgan fingerprint density at radius 3 is 2.77 bits per heavy atom. The van der Waals surface area contributed by atoms with Crippen LogP contribution in [0.25, 0.3) is 9.75 Å². The number of fused-ring (bicyclic) bond motifs is 3. The van der Waals surface area contributed by atoms with Crippen molar-refractivity contribution in [3.8, 4) is 39.2 Å². The predicted molar refractivity (Wildman–Crippen MR) is 193 cm³/mol. The summed E-state index contributed by atoms with van der Waals surface area (Å²) in [7, 11) is 1.68. The fraction of sp³-hybridized carbons (Fsp3) is 0.474. The number of carbonyl (C=O) groups excluding carboxylic acids is 1. The number of ketones is 1. The number of nitrogens with two attached hydrogens (primary N) is 1. The van der Waals surface area contributed by atoms with Crippen molar-refractivity contribution in [1.82, 2.24) is 5.32 Å². The van der Waals surface area contributed by atoms with Gasteiger partial charge in [0.2, 0.25) is 0 Å². The molecule has 2 aromatic heterocycles. The zero-order valence-corrected chi connectivity index (χ0v) is 29.0. The molecule has 6 unspecified atom stereocenters. The number of phenols is 1. The molecule has 0 amide bonds. The number of Topliss-reactive ketones (excluding diaryl/α,β-unsaturated/α-hetero) is 1. The normalized spacial score (nSPS) is 25.9. The van der Waals surface area contributed by atoms with E-state index in [2.05, 4.69) is 57.5 Å². The summed E-state index contributed by atoms with van der Waals surface area (Å²) in [5.41, 5.74) is 8.72. The Balaban J connectivity index is 1.33. The highest BCUT2D eigenvalue weighted by Crippen LogP contribution is 2.58. The van der Waals surface area contributed by atoms with Gasteiger partial charge in [0.15, 0.2) is 11.7 Å². The molecule has 7 nitrogen and oxygen atoms in total. The number of guanidine groups is 1. The van der Waals surface area contributed by atoms with Crippen LogP contribution >= 0.6 is 22.7 Å². The number of thiophene rings is 2. The standard InChI is InChI=1S/C38H44N4O3S2/c1-4-6-28-10-12-33(46-28)34-13-14-35(47-34)36(45)30-11-9-25-21-38(30)16-15-24(20-38)7-5-8-29-26(18-31(25)42-37(39)40-3)17-27(44)19-32(29)41-22-23(2)43/h10,12-14,17,19,23-25,30-31,41,43-44H,7,9,11,15-16,18,20-22H2,1-3H3,(H3,39,40,42). The van der Waals surface area contributed by atoms with Gasteiger partial charge in [0.25, 0.3) is 0 Å². The van der Waals surface area contributed by atoms with Gasteiger partial charge in [-0.1, -0.05) is 17.8 Å². The summed E-state index contributed by atoms with van der Waals surface area (Å²) in [5, 5.41) is 27.5. The van der Waals surface area contributed by atoms with E-state index in [1.165, 1.54) is 0 Å².